The van der Waals surface area contributed by atoms with E-state index in [2.05, 4.69) is 10.4 Å². The third kappa shape index (κ3) is 2.54. The SMILES string of the molecule is NC1C2CCC(C2)C1C(=O)Nc1ccc(-n2cccn2)c(Cl)c1. The van der Waals surface area contributed by atoms with Gasteiger partial charge in [0.1, 0.15) is 0 Å². The normalized spacial score (nSPS) is 29.0. The van der Waals surface area contributed by atoms with E-state index in [1.807, 2.05) is 24.4 Å². The fourth-order valence-corrected chi connectivity index (χ4v) is 4.40. The van der Waals surface area contributed by atoms with Gasteiger partial charge in [-0.3, -0.25) is 4.79 Å². The number of carbonyl (C=O) groups is 1. The summed E-state index contributed by atoms with van der Waals surface area (Å²) in [5.41, 5.74) is 7.72. The summed E-state index contributed by atoms with van der Waals surface area (Å²) in [7, 11) is 0. The second-order valence-electron chi connectivity index (χ2n) is 6.54. The van der Waals surface area contributed by atoms with Crippen LogP contribution in [0.25, 0.3) is 5.69 Å². The van der Waals surface area contributed by atoms with Gasteiger partial charge in [-0.25, -0.2) is 4.68 Å². The fourth-order valence-electron chi connectivity index (χ4n) is 4.13. The number of hydrogen-bond donors (Lipinski definition) is 2. The number of nitrogens with two attached hydrogens (primary N) is 1. The van der Waals surface area contributed by atoms with Crippen molar-refractivity contribution in [3.63, 3.8) is 0 Å². The highest BCUT2D eigenvalue weighted by Gasteiger charge is 2.49. The first-order valence-corrected chi connectivity index (χ1v) is 8.37. The number of nitrogens with zero attached hydrogens (tertiary/aromatic N) is 2. The van der Waals surface area contributed by atoms with Crippen molar-refractivity contribution in [3.8, 4) is 5.69 Å². The van der Waals surface area contributed by atoms with Gasteiger partial charge in [0.2, 0.25) is 5.91 Å². The summed E-state index contributed by atoms with van der Waals surface area (Å²) >= 11 is 6.32. The third-order valence-electron chi connectivity index (χ3n) is 5.25. The van der Waals surface area contributed by atoms with Gasteiger partial charge in [-0.1, -0.05) is 11.6 Å². The molecule has 4 atom stereocenters. The highest BCUT2D eigenvalue weighted by Crippen LogP contribution is 2.47. The minimum absolute atomic E-state index is 0.00688. The molecular weight excluding hydrogens is 312 g/mol. The average Bonchev–Trinajstić information content (AvgIpc) is 3.24. The molecule has 4 unspecified atom stereocenters. The first-order valence-electron chi connectivity index (χ1n) is 7.99. The second kappa shape index (κ2) is 5.65. The maximum absolute atomic E-state index is 12.6. The zero-order chi connectivity index (χ0) is 16.0. The molecule has 2 bridgehead atoms. The van der Waals surface area contributed by atoms with Crippen molar-refractivity contribution >= 4 is 23.2 Å². The molecular formula is C17H19ClN4O. The zero-order valence-corrected chi connectivity index (χ0v) is 13.4. The quantitative estimate of drug-likeness (QED) is 0.908. The van der Waals surface area contributed by atoms with Gasteiger partial charge in [0.25, 0.3) is 0 Å². The number of amides is 1. The van der Waals surface area contributed by atoms with E-state index >= 15 is 0 Å². The Bertz CT molecular complexity index is 728. The molecule has 1 amide bonds. The number of nitrogens with one attached hydrogen (secondary N) is 1. The lowest BCUT2D eigenvalue weighted by Crippen LogP contribution is -2.42. The number of hydrogen-bond acceptors (Lipinski definition) is 3. The lowest BCUT2D eigenvalue weighted by Gasteiger charge is -2.27. The van der Waals surface area contributed by atoms with Crippen molar-refractivity contribution in [1.82, 2.24) is 9.78 Å². The zero-order valence-electron chi connectivity index (χ0n) is 12.7. The van der Waals surface area contributed by atoms with Crippen molar-refractivity contribution in [1.29, 1.82) is 0 Å². The van der Waals surface area contributed by atoms with Crippen LogP contribution in [0.5, 0.6) is 0 Å². The van der Waals surface area contributed by atoms with Crippen molar-refractivity contribution in [2.45, 2.75) is 25.3 Å². The highest BCUT2D eigenvalue weighted by atomic mass is 35.5. The number of benzene rings is 1. The number of anilines is 1. The molecule has 6 heteroatoms. The maximum Gasteiger partial charge on any atom is 0.229 e. The van der Waals surface area contributed by atoms with Crippen LogP contribution in [0.2, 0.25) is 5.02 Å². The monoisotopic (exact) mass is 330 g/mol. The molecule has 1 heterocycles. The molecule has 0 saturated heterocycles. The summed E-state index contributed by atoms with van der Waals surface area (Å²) in [4.78, 5) is 12.6. The Kier molecular flexibility index (Phi) is 3.62. The molecule has 23 heavy (non-hydrogen) atoms. The summed E-state index contributed by atoms with van der Waals surface area (Å²) in [6.07, 6.45) is 6.91. The highest BCUT2D eigenvalue weighted by molar-refractivity contribution is 6.32. The summed E-state index contributed by atoms with van der Waals surface area (Å²) in [6.45, 7) is 0. The number of rotatable bonds is 3. The van der Waals surface area contributed by atoms with Crippen LogP contribution in [0.1, 0.15) is 19.3 Å². The number of carbonyl (C=O) groups excluding carboxylic acids is 1. The van der Waals surface area contributed by atoms with Crippen LogP contribution in [0.4, 0.5) is 5.69 Å². The molecule has 2 aliphatic carbocycles. The lowest BCUT2D eigenvalue weighted by molar-refractivity contribution is -0.121. The predicted octanol–water partition coefficient (Wildman–Crippen LogP) is 2.84. The molecule has 0 spiro atoms. The molecule has 0 radical (unpaired) electrons. The molecule has 3 N–H and O–H groups in total. The van der Waals surface area contributed by atoms with Crippen LogP contribution in [-0.4, -0.2) is 21.7 Å². The molecule has 1 aromatic carbocycles. The van der Waals surface area contributed by atoms with Crippen LogP contribution in [0.15, 0.2) is 36.7 Å². The van der Waals surface area contributed by atoms with Gasteiger partial charge in [0, 0.05) is 24.1 Å². The maximum atomic E-state index is 12.6. The summed E-state index contributed by atoms with van der Waals surface area (Å²) in [5.74, 6) is 0.904. The van der Waals surface area contributed by atoms with Gasteiger partial charge >= 0.3 is 0 Å². The third-order valence-corrected chi connectivity index (χ3v) is 5.55. The van der Waals surface area contributed by atoms with Crippen LogP contribution >= 0.6 is 11.6 Å². The standard InChI is InChI=1S/C17H19ClN4O/c18-13-9-12(4-5-14(13)22-7-1-6-20-22)21-17(23)15-10-2-3-11(8-10)16(15)19/h1,4-7,9-11,15-16H,2-3,8,19H2,(H,21,23). The van der Waals surface area contributed by atoms with E-state index in [1.165, 1.54) is 6.42 Å². The molecule has 1 aromatic heterocycles. The van der Waals surface area contributed by atoms with Gasteiger partial charge in [-0.15, -0.1) is 0 Å². The van der Waals surface area contributed by atoms with Crippen LogP contribution in [-0.2, 0) is 4.79 Å². The Balaban J connectivity index is 1.51. The molecule has 5 nitrogen and oxygen atoms in total. The topological polar surface area (TPSA) is 72.9 Å². The minimum atomic E-state index is -0.0710. The van der Waals surface area contributed by atoms with Gasteiger partial charge in [-0.2, -0.15) is 5.10 Å². The molecule has 4 rings (SSSR count). The molecule has 2 aliphatic rings. The minimum Gasteiger partial charge on any atom is -0.327 e. The number of halogens is 1. The Morgan fingerprint density at radius 1 is 1.35 bits per heavy atom. The first kappa shape index (κ1) is 14.7. The second-order valence-corrected chi connectivity index (χ2v) is 6.95. The summed E-state index contributed by atoms with van der Waals surface area (Å²) in [6, 6.07) is 7.29. The van der Waals surface area contributed by atoms with Crippen molar-refractivity contribution in [3.05, 3.63) is 41.7 Å². The van der Waals surface area contributed by atoms with Crippen LogP contribution in [0.3, 0.4) is 0 Å². The van der Waals surface area contributed by atoms with Crippen molar-refractivity contribution < 1.29 is 4.79 Å². The van der Waals surface area contributed by atoms with E-state index in [0.717, 1.165) is 18.5 Å². The van der Waals surface area contributed by atoms with Crippen LogP contribution < -0.4 is 11.1 Å². The Labute approximate surface area is 139 Å². The van der Waals surface area contributed by atoms with E-state index in [0.29, 0.717) is 22.5 Å². The van der Waals surface area contributed by atoms with Gasteiger partial charge in [0.15, 0.2) is 0 Å². The van der Waals surface area contributed by atoms with Gasteiger partial charge in [-0.05, 0) is 55.4 Å². The number of aromatic nitrogens is 2. The first-order chi connectivity index (χ1) is 11.1. The lowest BCUT2D eigenvalue weighted by atomic mass is 9.84. The fraction of sp³-hybridized carbons (Fsp3) is 0.412. The Morgan fingerprint density at radius 3 is 2.83 bits per heavy atom. The molecule has 0 aliphatic heterocycles. The molecule has 2 fully saturated rings. The summed E-state index contributed by atoms with van der Waals surface area (Å²) in [5, 5.41) is 7.69. The van der Waals surface area contributed by atoms with Gasteiger partial charge in [0.05, 0.1) is 16.6 Å². The van der Waals surface area contributed by atoms with E-state index in [9.17, 15) is 4.79 Å². The predicted molar refractivity (Wildman–Crippen MR) is 89.5 cm³/mol. The molecule has 2 aromatic rings. The van der Waals surface area contributed by atoms with E-state index in [1.54, 1.807) is 16.9 Å². The number of fused-ring (bicyclic) bond motifs is 2. The Hall–Kier alpha value is -1.85. The van der Waals surface area contributed by atoms with E-state index in [4.69, 9.17) is 17.3 Å². The van der Waals surface area contributed by atoms with Crippen molar-refractivity contribution in [2.24, 2.45) is 23.5 Å². The largest absolute Gasteiger partial charge is 0.327 e. The van der Waals surface area contributed by atoms with E-state index in [-0.39, 0.29) is 17.9 Å². The summed E-state index contributed by atoms with van der Waals surface area (Å²) < 4.78 is 1.69. The van der Waals surface area contributed by atoms with E-state index < -0.39 is 0 Å². The average molecular weight is 331 g/mol. The Morgan fingerprint density at radius 2 is 2.17 bits per heavy atom. The van der Waals surface area contributed by atoms with Crippen molar-refractivity contribution in [2.75, 3.05) is 5.32 Å². The van der Waals surface area contributed by atoms with Gasteiger partial charge < -0.3 is 11.1 Å². The smallest absolute Gasteiger partial charge is 0.229 e. The molecule has 120 valence electrons. The molecule has 2 saturated carbocycles. The van der Waals surface area contributed by atoms with Crippen LogP contribution in [0, 0.1) is 17.8 Å².